The van der Waals surface area contributed by atoms with Crippen molar-refractivity contribution < 1.29 is 4.79 Å². The third-order valence-corrected chi connectivity index (χ3v) is 4.82. The van der Waals surface area contributed by atoms with Crippen molar-refractivity contribution in [3.8, 4) is 10.6 Å². The van der Waals surface area contributed by atoms with Gasteiger partial charge in [0, 0.05) is 17.2 Å². The summed E-state index contributed by atoms with van der Waals surface area (Å²) in [5.74, 6) is 0.0788. The Labute approximate surface area is 134 Å². The van der Waals surface area contributed by atoms with Crippen molar-refractivity contribution in [2.45, 2.75) is 20.3 Å². The van der Waals surface area contributed by atoms with Crippen molar-refractivity contribution in [1.82, 2.24) is 4.98 Å². The van der Waals surface area contributed by atoms with Crippen LogP contribution in [0.2, 0.25) is 0 Å². The maximum atomic E-state index is 12.0. The standard InChI is InChI=1S/C18H18N2OS/c1-3-12(2)17(21)19-14-8-6-7-13(11-14)18-20-15-9-4-5-10-16(15)22-18/h4-12H,3H2,1-2H3,(H,19,21). The van der Waals surface area contributed by atoms with Crippen LogP contribution in [0.25, 0.3) is 20.8 Å². The van der Waals surface area contributed by atoms with Crippen LogP contribution in [0.3, 0.4) is 0 Å². The quantitative estimate of drug-likeness (QED) is 0.741. The number of carbonyl (C=O) groups excluding carboxylic acids is 1. The van der Waals surface area contributed by atoms with Gasteiger partial charge in [0.1, 0.15) is 5.01 Å². The Balaban J connectivity index is 1.89. The lowest BCUT2D eigenvalue weighted by molar-refractivity contribution is -0.119. The minimum absolute atomic E-state index is 0.0195. The molecule has 0 saturated carbocycles. The first kappa shape index (κ1) is 14.7. The highest BCUT2D eigenvalue weighted by atomic mass is 32.1. The van der Waals surface area contributed by atoms with Crippen molar-refractivity contribution >= 4 is 33.1 Å². The topological polar surface area (TPSA) is 42.0 Å². The molecule has 0 aliphatic carbocycles. The number of para-hydroxylation sites is 1. The molecule has 1 amide bonds. The van der Waals surface area contributed by atoms with Crippen LogP contribution in [0.4, 0.5) is 5.69 Å². The predicted octanol–water partition coefficient (Wildman–Crippen LogP) is 4.95. The molecule has 0 aliphatic heterocycles. The van der Waals surface area contributed by atoms with E-state index in [9.17, 15) is 4.79 Å². The van der Waals surface area contributed by atoms with Crippen LogP contribution in [0.15, 0.2) is 48.5 Å². The molecular formula is C18H18N2OS. The molecule has 0 bridgehead atoms. The van der Waals surface area contributed by atoms with Gasteiger partial charge in [-0.3, -0.25) is 4.79 Å². The van der Waals surface area contributed by atoms with Gasteiger partial charge in [-0.05, 0) is 30.7 Å². The molecule has 3 nitrogen and oxygen atoms in total. The van der Waals surface area contributed by atoms with Gasteiger partial charge in [-0.1, -0.05) is 38.1 Å². The molecule has 1 aromatic heterocycles. The van der Waals surface area contributed by atoms with Gasteiger partial charge in [0.2, 0.25) is 5.91 Å². The van der Waals surface area contributed by atoms with Crippen molar-refractivity contribution in [3.63, 3.8) is 0 Å². The van der Waals surface area contributed by atoms with Crippen molar-refractivity contribution in [2.75, 3.05) is 5.32 Å². The van der Waals surface area contributed by atoms with E-state index in [1.165, 1.54) is 4.70 Å². The van der Waals surface area contributed by atoms with E-state index in [4.69, 9.17) is 0 Å². The summed E-state index contributed by atoms with van der Waals surface area (Å²) in [7, 11) is 0. The number of hydrogen-bond donors (Lipinski definition) is 1. The van der Waals surface area contributed by atoms with E-state index in [0.29, 0.717) is 0 Å². The van der Waals surface area contributed by atoms with Crippen LogP contribution in [0.5, 0.6) is 0 Å². The molecule has 1 unspecified atom stereocenters. The number of benzene rings is 2. The lowest BCUT2D eigenvalue weighted by Crippen LogP contribution is -2.19. The summed E-state index contributed by atoms with van der Waals surface area (Å²) in [5.41, 5.74) is 2.86. The van der Waals surface area contributed by atoms with E-state index in [2.05, 4.69) is 16.4 Å². The van der Waals surface area contributed by atoms with E-state index in [1.807, 2.05) is 56.3 Å². The van der Waals surface area contributed by atoms with Gasteiger partial charge < -0.3 is 5.32 Å². The fourth-order valence-corrected chi connectivity index (χ4v) is 3.14. The van der Waals surface area contributed by atoms with Crippen molar-refractivity contribution in [2.24, 2.45) is 5.92 Å². The van der Waals surface area contributed by atoms with Crippen LogP contribution < -0.4 is 5.32 Å². The first-order valence-electron chi connectivity index (χ1n) is 7.44. The maximum absolute atomic E-state index is 12.0. The highest BCUT2D eigenvalue weighted by Crippen LogP contribution is 2.31. The number of anilines is 1. The second-order valence-corrected chi connectivity index (χ2v) is 6.40. The summed E-state index contributed by atoms with van der Waals surface area (Å²) >= 11 is 1.66. The second-order valence-electron chi connectivity index (χ2n) is 5.37. The molecule has 22 heavy (non-hydrogen) atoms. The Morgan fingerprint density at radius 1 is 1.23 bits per heavy atom. The zero-order chi connectivity index (χ0) is 15.5. The molecule has 112 valence electrons. The molecule has 1 heterocycles. The van der Waals surface area contributed by atoms with E-state index >= 15 is 0 Å². The molecule has 0 aliphatic rings. The number of carbonyl (C=O) groups is 1. The third kappa shape index (κ3) is 3.02. The molecule has 0 fully saturated rings. The number of rotatable bonds is 4. The Morgan fingerprint density at radius 3 is 2.82 bits per heavy atom. The average molecular weight is 310 g/mol. The minimum atomic E-state index is 0.0195. The summed E-state index contributed by atoms with van der Waals surface area (Å²) in [6.45, 7) is 3.95. The second kappa shape index (κ2) is 6.28. The number of nitrogens with one attached hydrogen (secondary N) is 1. The first-order chi connectivity index (χ1) is 10.7. The number of aromatic nitrogens is 1. The fraction of sp³-hybridized carbons (Fsp3) is 0.222. The molecule has 1 N–H and O–H groups in total. The monoisotopic (exact) mass is 310 g/mol. The maximum Gasteiger partial charge on any atom is 0.227 e. The summed E-state index contributed by atoms with van der Waals surface area (Å²) in [5, 5.41) is 3.95. The first-order valence-corrected chi connectivity index (χ1v) is 8.26. The number of nitrogens with zero attached hydrogens (tertiary/aromatic N) is 1. The van der Waals surface area contributed by atoms with Crippen LogP contribution >= 0.6 is 11.3 Å². The zero-order valence-corrected chi connectivity index (χ0v) is 13.5. The normalized spacial score (nSPS) is 12.3. The summed E-state index contributed by atoms with van der Waals surface area (Å²) in [6, 6.07) is 16.0. The number of hydrogen-bond acceptors (Lipinski definition) is 3. The fourth-order valence-electron chi connectivity index (χ4n) is 2.18. The van der Waals surface area contributed by atoms with Gasteiger partial charge in [0.05, 0.1) is 10.2 Å². The van der Waals surface area contributed by atoms with Gasteiger partial charge in [-0.25, -0.2) is 4.98 Å². The van der Waals surface area contributed by atoms with Gasteiger partial charge in [0.15, 0.2) is 0 Å². The van der Waals surface area contributed by atoms with Crippen LogP contribution in [0.1, 0.15) is 20.3 Å². The van der Waals surface area contributed by atoms with Crippen LogP contribution in [-0.4, -0.2) is 10.9 Å². The van der Waals surface area contributed by atoms with Gasteiger partial charge >= 0.3 is 0 Å². The number of thiazole rings is 1. The summed E-state index contributed by atoms with van der Waals surface area (Å²) in [6.07, 6.45) is 0.837. The minimum Gasteiger partial charge on any atom is -0.326 e. The average Bonchev–Trinajstić information content (AvgIpc) is 2.98. The Morgan fingerprint density at radius 2 is 2.05 bits per heavy atom. The van der Waals surface area contributed by atoms with E-state index in [1.54, 1.807) is 11.3 Å². The zero-order valence-electron chi connectivity index (χ0n) is 12.7. The summed E-state index contributed by atoms with van der Waals surface area (Å²) in [4.78, 5) is 16.7. The molecule has 0 saturated heterocycles. The van der Waals surface area contributed by atoms with Gasteiger partial charge in [-0.15, -0.1) is 11.3 Å². The highest BCUT2D eigenvalue weighted by molar-refractivity contribution is 7.21. The van der Waals surface area contributed by atoms with Crippen LogP contribution in [-0.2, 0) is 4.79 Å². The molecule has 4 heteroatoms. The number of fused-ring (bicyclic) bond motifs is 1. The molecule has 3 aromatic rings. The smallest absolute Gasteiger partial charge is 0.227 e. The van der Waals surface area contributed by atoms with E-state index in [0.717, 1.165) is 28.2 Å². The van der Waals surface area contributed by atoms with Crippen molar-refractivity contribution in [3.05, 3.63) is 48.5 Å². The highest BCUT2D eigenvalue weighted by Gasteiger charge is 2.11. The van der Waals surface area contributed by atoms with Gasteiger partial charge in [0.25, 0.3) is 0 Å². The SMILES string of the molecule is CCC(C)C(=O)Nc1cccc(-c2nc3ccccc3s2)c1. The van der Waals surface area contributed by atoms with Crippen molar-refractivity contribution in [1.29, 1.82) is 0 Å². The number of amides is 1. The lowest BCUT2D eigenvalue weighted by Gasteiger charge is -2.10. The summed E-state index contributed by atoms with van der Waals surface area (Å²) < 4.78 is 1.17. The third-order valence-electron chi connectivity index (χ3n) is 3.73. The Kier molecular flexibility index (Phi) is 4.20. The molecule has 3 rings (SSSR count). The molecular weight excluding hydrogens is 292 g/mol. The molecule has 0 radical (unpaired) electrons. The Hall–Kier alpha value is -2.20. The lowest BCUT2D eigenvalue weighted by atomic mass is 10.1. The van der Waals surface area contributed by atoms with E-state index in [-0.39, 0.29) is 11.8 Å². The molecule has 1 atom stereocenters. The predicted molar refractivity (Wildman–Crippen MR) is 93.1 cm³/mol. The van der Waals surface area contributed by atoms with E-state index < -0.39 is 0 Å². The molecule has 0 spiro atoms. The Bertz CT molecular complexity index is 776. The van der Waals surface area contributed by atoms with Gasteiger partial charge in [-0.2, -0.15) is 0 Å². The largest absolute Gasteiger partial charge is 0.326 e. The van der Waals surface area contributed by atoms with Crippen LogP contribution in [0, 0.1) is 5.92 Å². The molecule has 2 aromatic carbocycles.